The van der Waals surface area contributed by atoms with E-state index in [1.165, 1.54) is 0 Å². The number of rotatable bonds is 4. The summed E-state index contributed by atoms with van der Waals surface area (Å²) in [4.78, 5) is 16.8. The van der Waals surface area contributed by atoms with Crippen LogP contribution in [0.3, 0.4) is 0 Å². The summed E-state index contributed by atoms with van der Waals surface area (Å²) in [6.07, 6.45) is 4.06. The lowest BCUT2D eigenvalue weighted by Gasteiger charge is -2.12. The maximum atomic E-state index is 12.1. The molecule has 0 bridgehead atoms. The van der Waals surface area contributed by atoms with Gasteiger partial charge in [0.2, 0.25) is 0 Å². The van der Waals surface area contributed by atoms with Crippen molar-refractivity contribution in [3.8, 4) is 17.3 Å². The van der Waals surface area contributed by atoms with E-state index in [-0.39, 0.29) is 11.3 Å². The quantitative estimate of drug-likeness (QED) is 0.938. The van der Waals surface area contributed by atoms with Crippen molar-refractivity contribution in [2.75, 3.05) is 7.05 Å². The van der Waals surface area contributed by atoms with Crippen LogP contribution in [0.4, 0.5) is 0 Å². The molecule has 4 rings (SSSR count). The van der Waals surface area contributed by atoms with Crippen molar-refractivity contribution in [3.63, 3.8) is 0 Å². The van der Waals surface area contributed by atoms with Crippen molar-refractivity contribution in [1.82, 2.24) is 10.3 Å². The molecule has 0 aliphatic heterocycles. The highest BCUT2D eigenvalue weighted by atomic mass is 16.1. The number of nitrogens with one attached hydrogen (secondary N) is 1. The normalized spacial score (nSPS) is 17.8. The number of carbonyl (C=O) groups excluding carboxylic acids is 1. The van der Waals surface area contributed by atoms with Crippen molar-refractivity contribution in [2.45, 2.75) is 37.0 Å². The Labute approximate surface area is 141 Å². The monoisotopic (exact) mass is 317 g/mol. The lowest BCUT2D eigenvalue weighted by Crippen LogP contribution is -2.19. The average Bonchev–Trinajstić information content (AvgIpc) is 3.54. The molecule has 2 aliphatic carbocycles. The van der Waals surface area contributed by atoms with E-state index in [0.29, 0.717) is 5.92 Å². The number of carbonyl (C=O) groups is 1. The molecule has 0 unspecified atom stereocenters. The molecule has 1 heterocycles. The molecule has 2 aromatic rings. The van der Waals surface area contributed by atoms with Crippen LogP contribution in [0.2, 0.25) is 0 Å². The second kappa shape index (κ2) is 5.45. The molecule has 1 N–H and O–H groups in total. The van der Waals surface area contributed by atoms with Gasteiger partial charge in [-0.25, -0.2) is 0 Å². The summed E-state index contributed by atoms with van der Waals surface area (Å²) in [6.45, 7) is 0. The van der Waals surface area contributed by atoms with Crippen LogP contribution in [-0.2, 0) is 5.41 Å². The van der Waals surface area contributed by atoms with E-state index in [1.54, 1.807) is 7.05 Å². The van der Waals surface area contributed by atoms with Gasteiger partial charge in [0.25, 0.3) is 5.91 Å². The van der Waals surface area contributed by atoms with E-state index >= 15 is 0 Å². The van der Waals surface area contributed by atoms with E-state index < -0.39 is 0 Å². The first-order chi connectivity index (χ1) is 11.7. The third-order valence-electron chi connectivity index (χ3n) is 5.04. The highest BCUT2D eigenvalue weighted by Gasteiger charge is 2.46. The fourth-order valence-corrected chi connectivity index (χ4v) is 3.21. The third-order valence-corrected chi connectivity index (χ3v) is 5.04. The summed E-state index contributed by atoms with van der Waals surface area (Å²) in [5, 5.41) is 12.1. The number of hydrogen-bond donors (Lipinski definition) is 1. The molecular weight excluding hydrogens is 298 g/mol. The molecule has 0 saturated heterocycles. The molecule has 4 heteroatoms. The van der Waals surface area contributed by atoms with Crippen LogP contribution < -0.4 is 5.32 Å². The largest absolute Gasteiger partial charge is 0.355 e. The maximum Gasteiger partial charge on any atom is 0.251 e. The number of nitrogens with zero attached hydrogens (tertiary/aromatic N) is 2. The van der Waals surface area contributed by atoms with Crippen molar-refractivity contribution in [1.29, 1.82) is 5.26 Å². The van der Waals surface area contributed by atoms with Gasteiger partial charge in [-0.3, -0.25) is 9.78 Å². The van der Waals surface area contributed by atoms with E-state index in [1.807, 2.05) is 30.3 Å². The van der Waals surface area contributed by atoms with Gasteiger partial charge in [0.1, 0.15) is 0 Å². The molecule has 1 aromatic heterocycles. The molecule has 2 fully saturated rings. The average molecular weight is 317 g/mol. The molecule has 1 amide bonds. The Morgan fingerprint density at radius 2 is 2.08 bits per heavy atom. The minimum Gasteiger partial charge on any atom is -0.355 e. The van der Waals surface area contributed by atoms with E-state index in [2.05, 4.69) is 17.5 Å². The van der Waals surface area contributed by atoms with Gasteiger partial charge < -0.3 is 5.32 Å². The molecule has 2 saturated carbocycles. The van der Waals surface area contributed by atoms with Gasteiger partial charge in [0, 0.05) is 18.2 Å². The first kappa shape index (κ1) is 14.9. The number of pyridine rings is 1. The number of aromatic nitrogens is 1. The summed E-state index contributed by atoms with van der Waals surface area (Å²) in [6, 6.07) is 14.2. The summed E-state index contributed by atoms with van der Waals surface area (Å²) in [5.41, 5.74) is 4.25. The molecule has 4 nitrogen and oxygen atoms in total. The summed E-state index contributed by atoms with van der Waals surface area (Å²) in [5.74, 6) is 0.445. The van der Waals surface area contributed by atoms with E-state index in [0.717, 1.165) is 53.8 Å². The fraction of sp³-hybridized carbons (Fsp3) is 0.350. The van der Waals surface area contributed by atoms with Gasteiger partial charge >= 0.3 is 0 Å². The second-order valence-corrected chi connectivity index (χ2v) is 6.76. The summed E-state index contributed by atoms with van der Waals surface area (Å²) in [7, 11) is 1.66. The standard InChI is InChI=1S/C20H19N3O/c1-22-19(24)15-8-7-14(11-16(15)13-5-6-13)17-3-2-4-18(23-17)20(12-21)9-10-20/h2-4,7-8,11,13H,5-6,9-10H2,1H3,(H,22,24). The Hall–Kier alpha value is -2.67. The summed E-state index contributed by atoms with van der Waals surface area (Å²) < 4.78 is 0. The van der Waals surface area contributed by atoms with Crippen LogP contribution in [0.5, 0.6) is 0 Å². The van der Waals surface area contributed by atoms with Gasteiger partial charge in [0.05, 0.1) is 22.9 Å². The van der Waals surface area contributed by atoms with Gasteiger partial charge in [-0.15, -0.1) is 0 Å². The predicted octanol–water partition coefficient (Wildman–Crippen LogP) is 3.54. The molecule has 24 heavy (non-hydrogen) atoms. The Kier molecular flexibility index (Phi) is 3.38. The molecule has 120 valence electrons. The van der Waals surface area contributed by atoms with Gasteiger partial charge in [-0.05, 0) is 61.4 Å². The van der Waals surface area contributed by atoms with Gasteiger partial charge in [0.15, 0.2) is 0 Å². The van der Waals surface area contributed by atoms with Crippen molar-refractivity contribution in [2.24, 2.45) is 0 Å². The number of amides is 1. The Morgan fingerprint density at radius 3 is 2.71 bits per heavy atom. The number of nitriles is 1. The number of hydrogen-bond acceptors (Lipinski definition) is 3. The predicted molar refractivity (Wildman–Crippen MR) is 91.6 cm³/mol. The SMILES string of the molecule is CNC(=O)c1ccc(-c2cccc(C3(C#N)CC3)n2)cc1C1CC1. The van der Waals surface area contributed by atoms with Crippen molar-refractivity contribution < 1.29 is 4.79 Å². The van der Waals surface area contributed by atoms with Crippen LogP contribution in [0.1, 0.15) is 53.2 Å². The maximum absolute atomic E-state index is 12.1. The van der Waals surface area contributed by atoms with Gasteiger partial charge in [-0.1, -0.05) is 12.1 Å². The first-order valence-corrected chi connectivity index (χ1v) is 8.42. The van der Waals surface area contributed by atoms with Crippen molar-refractivity contribution >= 4 is 5.91 Å². The molecule has 0 radical (unpaired) electrons. The zero-order valence-corrected chi connectivity index (χ0v) is 13.7. The third kappa shape index (κ3) is 2.46. The highest BCUT2D eigenvalue weighted by Crippen LogP contribution is 2.47. The second-order valence-electron chi connectivity index (χ2n) is 6.76. The minimum absolute atomic E-state index is 0.0356. The zero-order valence-electron chi connectivity index (χ0n) is 13.7. The minimum atomic E-state index is -0.378. The van der Waals surface area contributed by atoms with Crippen LogP contribution in [0, 0.1) is 11.3 Å². The number of benzene rings is 1. The lowest BCUT2D eigenvalue weighted by molar-refractivity contribution is 0.0962. The van der Waals surface area contributed by atoms with E-state index in [9.17, 15) is 10.1 Å². The molecule has 1 aromatic carbocycles. The van der Waals surface area contributed by atoms with E-state index in [4.69, 9.17) is 4.98 Å². The first-order valence-electron chi connectivity index (χ1n) is 8.42. The molecule has 0 atom stereocenters. The Balaban J connectivity index is 1.75. The Bertz CT molecular complexity index is 857. The smallest absolute Gasteiger partial charge is 0.251 e. The highest BCUT2D eigenvalue weighted by molar-refractivity contribution is 5.96. The van der Waals surface area contributed by atoms with Crippen LogP contribution in [0.15, 0.2) is 36.4 Å². The zero-order chi connectivity index (χ0) is 16.7. The molecule has 2 aliphatic rings. The van der Waals surface area contributed by atoms with Crippen LogP contribution >= 0.6 is 0 Å². The van der Waals surface area contributed by atoms with Crippen LogP contribution in [-0.4, -0.2) is 17.9 Å². The Morgan fingerprint density at radius 1 is 1.29 bits per heavy atom. The molecular formula is C20H19N3O. The van der Waals surface area contributed by atoms with Crippen LogP contribution in [0.25, 0.3) is 11.3 Å². The fourth-order valence-electron chi connectivity index (χ4n) is 3.21. The summed E-state index contributed by atoms with van der Waals surface area (Å²) >= 11 is 0. The van der Waals surface area contributed by atoms with Gasteiger partial charge in [-0.2, -0.15) is 5.26 Å². The van der Waals surface area contributed by atoms with Crippen molar-refractivity contribution in [3.05, 3.63) is 53.2 Å². The topological polar surface area (TPSA) is 65.8 Å². The molecule has 0 spiro atoms. The lowest BCUT2D eigenvalue weighted by atomic mass is 9.97.